The lowest BCUT2D eigenvalue weighted by molar-refractivity contribution is -0.141. The van der Waals surface area contributed by atoms with Crippen LogP contribution in [-0.2, 0) is 25.9 Å². The first-order valence-electron chi connectivity index (χ1n) is 8.84. The Balaban J connectivity index is 1.57. The lowest BCUT2D eigenvalue weighted by Gasteiger charge is -2.10. The molecule has 0 fully saturated rings. The Morgan fingerprint density at radius 1 is 0.931 bits per heavy atom. The van der Waals surface area contributed by atoms with E-state index in [1.165, 1.54) is 10.9 Å². The average molecular weight is 512 g/mol. The molecule has 9 heteroatoms. The Morgan fingerprint density at radius 3 is 2.45 bits per heavy atom. The average Bonchev–Trinajstić information content (AvgIpc) is 3.31. The smallest absolute Gasteiger partial charge is 0.435 e. The minimum atomic E-state index is -4.45. The number of alkyl halides is 3. The van der Waals surface area contributed by atoms with E-state index in [-0.39, 0.29) is 6.54 Å². The summed E-state index contributed by atoms with van der Waals surface area (Å²) in [5, 5.41) is 9.07. The third-order valence-electron chi connectivity index (χ3n) is 4.40. The number of rotatable bonds is 6. The first kappa shape index (κ1) is 19.7. The third-order valence-corrected chi connectivity index (χ3v) is 5.19. The van der Waals surface area contributed by atoms with Crippen molar-refractivity contribution in [2.45, 2.75) is 25.9 Å². The van der Waals surface area contributed by atoms with Gasteiger partial charge in [0.2, 0.25) is 0 Å². The van der Waals surface area contributed by atoms with Crippen molar-refractivity contribution in [3.63, 3.8) is 0 Å². The van der Waals surface area contributed by atoms with Gasteiger partial charge in [-0.2, -0.15) is 23.4 Å². The fourth-order valence-corrected chi connectivity index (χ4v) is 3.71. The zero-order valence-corrected chi connectivity index (χ0v) is 17.3. The van der Waals surface area contributed by atoms with Gasteiger partial charge in [-0.15, -0.1) is 0 Å². The standard InChI is InChI=1S/C20H16F3IN4O/c21-20(22,23)17-9-10-27(25-17)11-12-28-18-15(19(24)26-28)7-4-8-16(18)29-13-14-5-2-1-3-6-14/h1-10H,11-13H2. The van der Waals surface area contributed by atoms with Crippen LogP contribution >= 0.6 is 22.6 Å². The Kier molecular flexibility index (Phi) is 5.48. The first-order chi connectivity index (χ1) is 13.9. The van der Waals surface area contributed by atoms with Crippen molar-refractivity contribution in [2.24, 2.45) is 0 Å². The number of hydrogen-bond donors (Lipinski definition) is 0. The number of halogens is 4. The normalized spacial score (nSPS) is 11.9. The summed E-state index contributed by atoms with van der Waals surface area (Å²) in [5.74, 6) is 0.679. The van der Waals surface area contributed by atoms with E-state index in [4.69, 9.17) is 4.74 Å². The van der Waals surface area contributed by atoms with Crippen molar-refractivity contribution in [2.75, 3.05) is 0 Å². The molecule has 0 aliphatic rings. The fourth-order valence-electron chi connectivity index (χ4n) is 3.01. The molecule has 5 nitrogen and oxygen atoms in total. The SMILES string of the molecule is FC(F)(F)c1ccn(CCn2nc(I)c3cccc(OCc4ccccc4)c32)n1. The van der Waals surface area contributed by atoms with Crippen LogP contribution < -0.4 is 4.74 Å². The van der Waals surface area contributed by atoms with Gasteiger partial charge in [0.1, 0.15) is 21.6 Å². The molecule has 2 heterocycles. The Bertz CT molecular complexity index is 1120. The van der Waals surface area contributed by atoms with Crippen LogP contribution in [0.4, 0.5) is 13.2 Å². The quantitative estimate of drug-likeness (QED) is 0.337. The van der Waals surface area contributed by atoms with Gasteiger partial charge >= 0.3 is 6.18 Å². The van der Waals surface area contributed by atoms with Crippen LogP contribution in [0.3, 0.4) is 0 Å². The molecule has 0 amide bonds. The predicted octanol–water partition coefficient (Wildman–Crippen LogP) is 5.14. The topological polar surface area (TPSA) is 44.9 Å². The van der Waals surface area contributed by atoms with Crippen molar-refractivity contribution < 1.29 is 17.9 Å². The second kappa shape index (κ2) is 8.05. The monoisotopic (exact) mass is 512 g/mol. The van der Waals surface area contributed by atoms with Crippen LogP contribution in [0.1, 0.15) is 11.3 Å². The van der Waals surface area contributed by atoms with Crippen LogP contribution in [0.25, 0.3) is 10.9 Å². The maximum Gasteiger partial charge on any atom is 0.435 e. The van der Waals surface area contributed by atoms with Gasteiger partial charge in [0.15, 0.2) is 5.69 Å². The Morgan fingerprint density at radius 2 is 1.72 bits per heavy atom. The molecule has 0 saturated carbocycles. The molecule has 0 aliphatic carbocycles. The molecule has 0 radical (unpaired) electrons. The third kappa shape index (κ3) is 4.39. The van der Waals surface area contributed by atoms with Gasteiger partial charge in [-0.1, -0.05) is 36.4 Å². The van der Waals surface area contributed by atoms with Crippen LogP contribution in [0.15, 0.2) is 60.8 Å². The van der Waals surface area contributed by atoms with Gasteiger partial charge in [-0.3, -0.25) is 9.36 Å². The molecular weight excluding hydrogens is 496 g/mol. The van der Waals surface area contributed by atoms with Crippen LogP contribution in [0.2, 0.25) is 0 Å². The Labute approximate surface area is 178 Å². The van der Waals surface area contributed by atoms with Gasteiger partial charge in [0.05, 0.1) is 13.1 Å². The largest absolute Gasteiger partial charge is 0.487 e. The molecule has 2 aromatic carbocycles. The van der Waals surface area contributed by atoms with E-state index in [1.54, 1.807) is 4.68 Å². The van der Waals surface area contributed by atoms with E-state index >= 15 is 0 Å². The van der Waals surface area contributed by atoms with E-state index in [9.17, 15) is 13.2 Å². The highest BCUT2D eigenvalue weighted by atomic mass is 127. The maximum absolute atomic E-state index is 12.7. The Hall–Kier alpha value is -2.56. The fraction of sp³-hybridized carbons (Fsp3) is 0.200. The highest BCUT2D eigenvalue weighted by Crippen LogP contribution is 2.30. The molecule has 0 aliphatic heterocycles. The van der Waals surface area contributed by atoms with Crippen molar-refractivity contribution in [3.8, 4) is 5.75 Å². The van der Waals surface area contributed by atoms with E-state index in [2.05, 4.69) is 32.8 Å². The summed E-state index contributed by atoms with van der Waals surface area (Å²) in [7, 11) is 0. The minimum Gasteiger partial charge on any atom is -0.487 e. The number of benzene rings is 2. The molecule has 29 heavy (non-hydrogen) atoms. The number of nitrogens with zero attached hydrogens (tertiary/aromatic N) is 4. The van der Waals surface area contributed by atoms with E-state index < -0.39 is 11.9 Å². The summed E-state index contributed by atoms with van der Waals surface area (Å²) in [5.41, 5.74) is 0.960. The number of fused-ring (bicyclic) bond motifs is 1. The van der Waals surface area contributed by atoms with Gasteiger partial charge < -0.3 is 4.74 Å². The number of aromatic nitrogens is 4. The molecule has 0 saturated heterocycles. The van der Waals surface area contributed by atoms with Gasteiger partial charge in [-0.05, 0) is 46.4 Å². The molecule has 4 aromatic rings. The van der Waals surface area contributed by atoms with Crippen molar-refractivity contribution in [3.05, 3.63) is 75.8 Å². The molecule has 0 bridgehead atoms. The highest BCUT2D eigenvalue weighted by molar-refractivity contribution is 14.1. The van der Waals surface area contributed by atoms with Gasteiger partial charge in [0.25, 0.3) is 0 Å². The minimum absolute atomic E-state index is 0.260. The highest BCUT2D eigenvalue weighted by Gasteiger charge is 2.33. The van der Waals surface area contributed by atoms with Crippen LogP contribution in [0, 0.1) is 3.70 Å². The molecule has 150 valence electrons. The van der Waals surface area contributed by atoms with Crippen LogP contribution in [-0.4, -0.2) is 19.6 Å². The molecular formula is C20H16F3IN4O. The molecule has 2 aromatic heterocycles. The lowest BCUT2D eigenvalue weighted by atomic mass is 10.2. The molecule has 0 unspecified atom stereocenters. The number of ether oxygens (including phenoxy) is 1. The molecule has 0 spiro atoms. The molecule has 0 N–H and O–H groups in total. The zero-order chi connectivity index (χ0) is 20.4. The summed E-state index contributed by atoms with van der Waals surface area (Å²) in [4.78, 5) is 0. The van der Waals surface area contributed by atoms with Crippen molar-refractivity contribution in [1.29, 1.82) is 0 Å². The van der Waals surface area contributed by atoms with Gasteiger partial charge in [-0.25, -0.2) is 0 Å². The van der Waals surface area contributed by atoms with E-state index in [0.29, 0.717) is 18.9 Å². The summed E-state index contributed by atoms with van der Waals surface area (Å²) in [6.45, 7) is 1.04. The number of aryl methyl sites for hydroxylation is 2. The van der Waals surface area contributed by atoms with E-state index in [1.807, 2.05) is 48.5 Å². The summed E-state index contributed by atoms with van der Waals surface area (Å²) < 4.78 is 48.1. The summed E-state index contributed by atoms with van der Waals surface area (Å²) in [6.07, 6.45) is -3.12. The van der Waals surface area contributed by atoms with E-state index in [0.717, 1.165) is 26.2 Å². The summed E-state index contributed by atoms with van der Waals surface area (Å²) in [6, 6.07) is 16.5. The van der Waals surface area contributed by atoms with Crippen LogP contribution in [0.5, 0.6) is 5.75 Å². The predicted molar refractivity (Wildman–Crippen MR) is 110 cm³/mol. The second-order valence-electron chi connectivity index (χ2n) is 6.40. The van der Waals surface area contributed by atoms with Gasteiger partial charge in [0, 0.05) is 11.6 Å². The molecule has 0 atom stereocenters. The summed E-state index contributed by atoms with van der Waals surface area (Å²) >= 11 is 2.15. The maximum atomic E-state index is 12.7. The molecule has 4 rings (SSSR count). The number of hydrogen-bond acceptors (Lipinski definition) is 3. The number of para-hydroxylation sites is 1. The zero-order valence-electron chi connectivity index (χ0n) is 15.1. The first-order valence-corrected chi connectivity index (χ1v) is 9.92. The lowest BCUT2D eigenvalue weighted by Crippen LogP contribution is -2.12. The van der Waals surface area contributed by atoms with Crippen molar-refractivity contribution in [1.82, 2.24) is 19.6 Å². The van der Waals surface area contributed by atoms with Crippen molar-refractivity contribution >= 4 is 33.5 Å². The second-order valence-corrected chi connectivity index (χ2v) is 7.42.